The minimum atomic E-state index is -0.750. The fraction of sp³-hybridized carbons (Fsp3) is 0.778. The van der Waals surface area contributed by atoms with Crippen molar-refractivity contribution in [2.75, 3.05) is 0 Å². The zero-order valence-electron chi connectivity index (χ0n) is 6.35. The molecule has 1 fully saturated rings. The highest BCUT2D eigenvalue weighted by molar-refractivity contribution is 4.86. The van der Waals surface area contributed by atoms with Crippen molar-refractivity contribution in [2.24, 2.45) is 5.92 Å². The van der Waals surface area contributed by atoms with Crippen molar-refractivity contribution in [3.63, 3.8) is 0 Å². The van der Waals surface area contributed by atoms with E-state index in [4.69, 9.17) is 0 Å². The Morgan fingerprint density at radius 1 is 1.30 bits per heavy atom. The Morgan fingerprint density at radius 3 is 2.40 bits per heavy atom. The van der Waals surface area contributed by atoms with Gasteiger partial charge in [0.15, 0.2) is 0 Å². The Kier molecular flexibility index (Phi) is 2.91. The van der Waals surface area contributed by atoms with Gasteiger partial charge in [-0.2, -0.15) is 0 Å². The third kappa shape index (κ3) is 1.83. The lowest BCUT2D eigenvalue weighted by atomic mass is 9.86. The molecule has 0 spiro atoms. The summed E-state index contributed by atoms with van der Waals surface area (Å²) < 4.78 is 12.9. The zero-order valence-corrected chi connectivity index (χ0v) is 6.35. The molecule has 0 aliphatic heterocycles. The van der Waals surface area contributed by atoms with Crippen molar-refractivity contribution < 1.29 is 4.39 Å². The molecule has 0 saturated heterocycles. The van der Waals surface area contributed by atoms with Crippen molar-refractivity contribution in [3.8, 4) is 0 Å². The lowest BCUT2D eigenvalue weighted by molar-refractivity contribution is 0.222. The lowest BCUT2D eigenvalue weighted by Crippen LogP contribution is -2.16. The average molecular weight is 142 g/mol. The van der Waals surface area contributed by atoms with Gasteiger partial charge in [-0.05, 0) is 18.8 Å². The van der Waals surface area contributed by atoms with Gasteiger partial charge in [0, 0.05) is 0 Å². The summed E-state index contributed by atoms with van der Waals surface area (Å²) in [5, 5.41) is 0. The standard InChI is InChI=1S/C9H15F/c1-2-9(10)8-6-4-3-5-7-8/h2,8-9H,1,3-7H2. The van der Waals surface area contributed by atoms with Gasteiger partial charge in [-0.15, -0.1) is 6.58 Å². The van der Waals surface area contributed by atoms with E-state index in [0.29, 0.717) is 0 Å². The van der Waals surface area contributed by atoms with E-state index in [0.717, 1.165) is 12.8 Å². The molecule has 1 rings (SSSR count). The SMILES string of the molecule is C=CC(F)C1CCCCC1. The minimum Gasteiger partial charge on any atom is -0.243 e. The average Bonchev–Trinajstić information content (AvgIpc) is 2.05. The van der Waals surface area contributed by atoms with Crippen LogP contribution in [0, 0.1) is 5.92 Å². The van der Waals surface area contributed by atoms with E-state index in [1.807, 2.05) is 0 Å². The van der Waals surface area contributed by atoms with Crippen LogP contribution >= 0.6 is 0 Å². The molecule has 1 aliphatic carbocycles. The van der Waals surface area contributed by atoms with Crippen molar-refractivity contribution in [1.82, 2.24) is 0 Å². The third-order valence-corrected chi connectivity index (χ3v) is 2.33. The van der Waals surface area contributed by atoms with Crippen LogP contribution in [0.1, 0.15) is 32.1 Å². The molecule has 0 aromatic carbocycles. The Morgan fingerprint density at radius 2 is 1.90 bits per heavy atom. The van der Waals surface area contributed by atoms with Gasteiger partial charge in [-0.25, -0.2) is 4.39 Å². The van der Waals surface area contributed by atoms with Gasteiger partial charge in [0.2, 0.25) is 0 Å². The van der Waals surface area contributed by atoms with E-state index in [2.05, 4.69) is 6.58 Å². The van der Waals surface area contributed by atoms with E-state index in [1.165, 1.54) is 25.3 Å². The number of alkyl halides is 1. The fourth-order valence-electron chi connectivity index (χ4n) is 1.65. The quantitative estimate of drug-likeness (QED) is 0.520. The van der Waals surface area contributed by atoms with Gasteiger partial charge in [0.05, 0.1) is 0 Å². The Bertz CT molecular complexity index is 103. The van der Waals surface area contributed by atoms with E-state index in [9.17, 15) is 4.39 Å². The highest BCUT2D eigenvalue weighted by atomic mass is 19.1. The molecule has 0 aromatic heterocycles. The van der Waals surface area contributed by atoms with Crippen LogP contribution in [0.2, 0.25) is 0 Å². The molecule has 1 unspecified atom stereocenters. The van der Waals surface area contributed by atoms with Crippen LogP contribution < -0.4 is 0 Å². The highest BCUT2D eigenvalue weighted by Gasteiger charge is 2.19. The van der Waals surface area contributed by atoms with Crippen molar-refractivity contribution in [3.05, 3.63) is 12.7 Å². The first-order valence-electron chi connectivity index (χ1n) is 4.11. The molecule has 58 valence electrons. The second-order valence-electron chi connectivity index (χ2n) is 3.08. The summed E-state index contributed by atoms with van der Waals surface area (Å²) in [6.45, 7) is 3.46. The highest BCUT2D eigenvalue weighted by Crippen LogP contribution is 2.28. The molecule has 0 N–H and O–H groups in total. The summed E-state index contributed by atoms with van der Waals surface area (Å²) in [6.07, 6.45) is 6.52. The number of hydrogen-bond donors (Lipinski definition) is 0. The summed E-state index contributed by atoms with van der Waals surface area (Å²) in [6, 6.07) is 0. The summed E-state index contributed by atoms with van der Waals surface area (Å²) in [7, 11) is 0. The van der Waals surface area contributed by atoms with Gasteiger partial charge < -0.3 is 0 Å². The van der Waals surface area contributed by atoms with Crippen LogP contribution in [0.5, 0.6) is 0 Å². The number of allylic oxidation sites excluding steroid dienone is 1. The number of hydrogen-bond acceptors (Lipinski definition) is 0. The first-order valence-corrected chi connectivity index (χ1v) is 4.11. The Hall–Kier alpha value is -0.330. The molecule has 0 aromatic rings. The van der Waals surface area contributed by atoms with E-state index >= 15 is 0 Å². The van der Waals surface area contributed by atoms with Gasteiger partial charge in [-0.3, -0.25) is 0 Å². The van der Waals surface area contributed by atoms with E-state index < -0.39 is 6.17 Å². The predicted octanol–water partition coefficient (Wildman–Crippen LogP) is 3.09. The maximum Gasteiger partial charge on any atom is 0.121 e. The Balaban J connectivity index is 2.30. The zero-order chi connectivity index (χ0) is 7.40. The molecule has 1 saturated carbocycles. The monoisotopic (exact) mass is 142 g/mol. The summed E-state index contributed by atoms with van der Waals surface area (Å²) in [5.74, 6) is 0.284. The molecule has 0 bridgehead atoms. The molecule has 0 nitrogen and oxygen atoms in total. The molecule has 0 heterocycles. The topological polar surface area (TPSA) is 0 Å². The predicted molar refractivity (Wildman–Crippen MR) is 41.7 cm³/mol. The van der Waals surface area contributed by atoms with Crippen LogP contribution in [0.3, 0.4) is 0 Å². The maximum atomic E-state index is 12.9. The van der Waals surface area contributed by atoms with Gasteiger partial charge in [-0.1, -0.05) is 25.3 Å². The fourth-order valence-corrected chi connectivity index (χ4v) is 1.65. The van der Waals surface area contributed by atoms with Crippen LogP contribution in [-0.2, 0) is 0 Å². The van der Waals surface area contributed by atoms with Crippen molar-refractivity contribution >= 4 is 0 Å². The van der Waals surface area contributed by atoms with Crippen molar-refractivity contribution in [1.29, 1.82) is 0 Å². The smallest absolute Gasteiger partial charge is 0.121 e. The molecule has 1 aliphatic rings. The first kappa shape index (κ1) is 7.77. The maximum absolute atomic E-state index is 12.9. The summed E-state index contributed by atoms with van der Waals surface area (Å²) in [4.78, 5) is 0. The second-order valence-corrected chi connectivity index (χ2v) is 3.08. The molecule has 1 atom stereocenters. The molecule has 10 heavy (non-hydrogen) atoms. The van der Waals surface area contributed by atoms with E-state index in [1.54, 1.807) is 0 Å². The van der Waals surface area contributed by atoms with Crippen molar-refractivity contribution in [2.45, 2.75) is 38.3 Å². The number of rotatable bonds is 2. The van der Waals surface area contributed by atoms with Gasteiger partial charge >= 0.3 is 0 Å². The Labute approximate surface area is 62.1 Å². The van der Waals surface area contributed by atoms with Crippen LogP contribution in [0.15, 0.2) is 12.7 Å². The largest absolute Gasteiger partial charge is 0.243 e. The molecular weight excluding hydrogens is 127 g/mol. The van der Waals surface area contributed by atoms with E-state index in [-0.39, 0.29) is 5.92 Å². The van der Waals surface area contributed by atoms with Crippen LogP contribution in [0.25, 0.3) is 0 Å². The second kappa shape index (κ2) is 3.75. The molecular formula is C9H15F. The molecule has 0 amide bonds. The van der Waals surface area contributed by atoms with Gasteiger partial charge in [0.1, 0.15) is 6.17 Å². The number of halogens is 1. The summed E-state index contributed by atoms with van der Waals surface area (Å²) in [5.41, 5.74) is 0. The lowest BCUT2D eigenvalue weighted by Gasteiger charge is -2.22. The normalized spacial score (nSPS) is 24.1. The van der Waals surface area contributed by atoms with Crippen LogP contribution in [-0.4, -0.2) is 6.17 Å². The summed E-state index contributed by atoms with van der Waals surface area (Å²) >= 11 is 0. The first-order chi connectivity index (χ1) is 4.84. The third-order valence-electron chi connectivity index (χ3n) is 2.33. The molecule has 0 radical (unpaired) electrons. The van der Waals surface area contributed by atoms with Crippen LogP contribution in [0.4, 0.5) is 4.39 Å². The van der Waals surface area contributed by atoms with Gasteiger partial charge in [0.25, 0.3) is 0 Å². The molecule has 1 heteroatoms. The minimum absolute atomic E-state index is 0.284.